The van der Waals surface area contributed by atoms with Crippen LogP contribution in [-0.2, 0) is 13.1 Å². The van der Waals surface area contributed by atoms with Gasteiger partial charge in [-0.05, 0) is 6.07 Å². The Bertz CT molecular complexity index is 429. The Hall–Kier alpha value is -1.88. The van der Waals surface area contributed by atoms with Crippen molar-refractivity contribution in [3.8, 4) is 5.88 Å². The molecule has 0 aliphatic rings. The maximum atomic E-state index is 5.15. The van der Waals surface area contributed by atoms with Gasteiger partial charge >= 0.3 is 0 Å². The van der Waals surface area contributed by atoms with E-state index in [2.05, 4.69) is 15.5 Å². The fraction of sp³-hybridized carbons (Fsp3) is 0.273. The van der Waals surface area contributed by atoms with Crippen LogP contribution in [-0.4, -0.2) is 17.3 Å². The molecule has 0 spiro atoms. The number of ether oxygens (including phenoxy) is 1. The number of pyridine rings is 1. The van der Waals surface area contributed by atoms with E-state index in [4.69, 9.17) is 9.26 Å². The Morgan fingerprint density at radius 2 is 2.31 bits per heavy atom. The third kappa shape index (κ3) is 2.58. The molecule has 84 valence electrons. The minimum absolute atomic E-state index is 0.648. The molecular weight excluding hydrogens is 206 g/mol. The second-order valence-corrected chi connectivity index (χ2v) is 3.27. The summed E-state index contributed by atoms with van der Waals surface area (Å²) in [5.74, 6) is 0.648. The van der Waals surface area contributed by atoms with Crippen molar-refractivity contribution in [1.82, 2.24) is 15.5 Å². The van der Waals surface area contributed by atoms with Crippen molar-refractivity contribution in [2.24, 2.45) is 0 Å². The highest BCUT2D eigenvalue weighted by molar-refractivity contribution is 5.25. The number of methoxy groups -OCH3 is 1. The van der Waals surface area contributed by atoms with Gasteiger partial charge in [-0.1, -0.05) is 11.2 Å². The zero-order valence-electron chi connectivity index (χ0n) is 9.01. The predicted molar refractivity (Wildman–Crippen MR) is 57.8 cm³/mol. The quantitative estimate of drug-likeness (QED) is 0.822. The van der Waals surface area contributed by atoms with Crippen LogP contribution < -0.4 is 10.1 Å². The Labute approximate surface area is 93.4 Å². The highest BCUT2D eigenvalue weighted by Crippen LogP contribution is 2.12. The Balaban J connectivity index is 1.89. The van der Waals surface area contributed by atoms with Crippen LogP contribution in [0.4, 0.5) is 0 Å². The Kier molecular flexibility index (Phi) is 3.50. The van der Waals surface area contributed by atoms with Crippen molar-refractivity contribution >= 4 is 0 Å². The summed E-state index contributed by atoms with van der Waals surface area (Å²) in [7, 11) is 1.61. The zero-order chi connectivity index (χ0) is 11.2. The largest absolute Gasteiger partial charge is 0.481 e. The van der Waals surface area contributed by atoms with Gasteiger partial charge in [0.15, 0.2) is 0 Å². The molecule has 0 aromatic carbocycles. The van der Waals surface area contributed by atoms with E-state index in [0.717, 1.165) is 11.3 Å². The summed E-state index contributed by atoms with van der Waals surface area (Å²) < 4.78 is 9.88. The van der Waals surface area contributed by atoms with Gasteiger partial charge in [-0.2, -0.15) is 0 Å². The second kappa shape index (κ2) is 5.27. The van der Waals surface area contributed by atoms with Crippen LogP contribution in [0.25, 0.3) is 0 Å². The molecule has 1 N–H and O–H groups in total. The highest BCUT2D eigenvalue weighted by Gasteiger charge is 2.02. The van der Waals surface area contributed by atoms with E-state index < -0.39 is 0 Å². The van der Waals surface area contributed by atoms with Crippen molar-refractivity contribution in [3.05, 3.63) is 41.9 Å². The lowest BCUT2D eigenvalue weighted by molar-refractivity contribution is 0.389. The van der Waals surface area contributed by atoms with Crippen molar-refractivity contribution in [2.45, 2.75) is 13.1 Å². The molecule has 16 heavy (non-hydrogen) atoms. The summed E-state index contributed by atoms with van der Waals surface area (Å²) in [6.07, 6.45) is 3.27. The fourth-order valence-corrected chi connectivity index (χ4v) is 1.40. The summed E-state index contributed by atoms with van der Waals surface area (Å²) in [6.45, 7) is 1.35. The molecule has 0 aliphatic heterocycles. The average molecular weight is 219 g/mol. The van der Waals surface area contributed by atoms with Gasteiger partial charge in [-0.25, -0.2) is 4.98 Å². The van der Waals surface area contributed by atoms with Crippen molar-refractivity contribution in [3.63, 3.8) is 0 Å². The number of hydrogen-bond donors (Lipinski definition) is 1. The number of aromatic nitrogens is 2. The topological polar surface area (TPSA) is 60.2 Å². The first kappa shape index (κ1) is 10.6. The Morgan fingerprint density at radius 3 is 3.06 bits per heavy atom. The standard InChI is InChI=1S/C11H13N3O2/c1-15-11-9(3-2-5-13-11)7-12-8-10-4-6-16-14-10/h2-6,12H,7-8H2,1H3. The molecule has 0 saturated heterocycles. The molecule has 0 radical (unpaired) electrons. The van der Waals surface area contributed by atoms with Crippen LogP contribution in [0.3, 0.4) is 0 Å². The van der Waals surface area contributed by atoms with Crippen LogP contribution in [0.2, 0.25) is 0 Å². The van der Waals surface area contributed by atoms with E-state index in [1.807, 2.05) is 18.2 Å². The van der Waals surface area contributed by atoms with Gasteiger partial charge in [0.05, 0.1) is 12.8 Å². The van der Waals surface area contributed by atoms with Crippen molar-refractivity contribution in [1.29, 1.82) is 0 Å². The number of nitrogens with one attached hydrogen (secondary N) is 1. The third-order valence-corrected chi connectivity index (χ3v) is 2.16. The molecule has 2 rings (SSSR count). The maximum absolute atomic E-state index is 5.15. The minimum Gasteiger partial charge on any atom is -0.481 e. The Morgan fingerprint density at radius 1 is 1.38 bits per heavy atom. The summed E-state index contributed by atoms with van der Waals surface area (Å²) in [4.78, 5) is 4.12. The van der Waals surface area contributed by atoms with Gasteiger partial charge in [0.1, 0.15) is 6.26 Å². The van der Waals surface area contributed by atoms with Gasteiger partial charge in [-0.15, -0.1) is 0 Å². The van der Waals surface area contributed by atoms with Crippen LogP contribution in [0.5, 0.6) is 5.88 Å². The molecule has 2 aromatic rings. The summed E-state index contributed by atoms with van der Waals surface area (Å²) in [6, 6.07) is 5.69. The van der Waals surface area contributed by atoms with Gasteiger partial charge in [0.2, 0.25) is 5.88 Å². The van der Waals surface area contributed by atoms with Crippen LogP contribution in [0, 0.1) is 0 Å². The monoisotopic (exact) mass is 219 g/mol. The fourth-order valence-electron chi connectivity index (χ4n) is 1.40. The summed E-state index contributed by atoms with van der Waals surface area (Å²) in [5.41, 5.74) is 1.90. The molecule has 0 atom stereocenters. The first-order valence-corrected chi connectivity index (χ1v) is 4.98. The minimum atomic E-state index is 0.648. The van der Waals surface area contributed by atoms with Crippen LogP contribution in [0.15, 0.2) is 35.2 Å². The predicted octanol–water partition coefficient (Wildman–Crippen LogP) is 1.37. The van der Waals surface area contributed by atoms with E-state index in [9.17, 15) is 0 Å². The maximum Gasteiger partial charge on any atom is 0.217 e. The normalized spacial score (nSPS) is 10.3. The molecular formula is C11H13N3O2. The number of hydrogen-bond acceptors (Lipinski definition) is 5. The van der Waals surface area contributed by atoms with E-state index in [1.165, 1.54) is 0 Å². The molecule has 0 bridgehead atoms. The molecule has 0 saturated carbocycles. The van der Waals surface area contributed by atoms with Crippen molar-refractivity contribution < 1.29 is 9.26 Å². The number of rotatable bonds is 5. The molecule has 0 amide bonds. The van der Waals surface area contributed by atoms with Crippen LogP contribution in [0.1, 0.15) is 11.3 Å². The molecule has 5 heteroatoms. The molecule has 0 aliphatic carbocycles. The first-order valence-electron chi connectivity index (χ1n) is 4.98. The summed E-state index contributed by atoms with van der Waals surface area (Å²) >= 11 is 0. The van der Waals surface area contributed by atoms with E-state index >= 15 is 0 Å². The lowest BCUT2D eigenvalue weighted by Gasteiger charge is -2.06. The molecule has 2 heterocycles. The summed E-state index contributed by atoms with van der Waals surface area (Å²) in [5, 5.41) is 7.04. The lowest BCUT2D eigenvalue weighted by Crippen LogP contribution is -2.13. The first-order chi connectivity index (χ1) is 7.90. The van der Waals surface area contributed by atoms with E-state index in [-0.39, 0.29) is 0 Å². The highest BCUT2D eigenvalue weighted by atomic mass is 16.5. The third-order valence-electron chi connectivity index (χ3n) is 2.16. The molecule has 2 aromatic heterocycles. The SMILES string of the molecule is COc1ncccc1CNCc1ccon1. The van der Waals surface area contributed by atoms with E-state index in [0.29, 0.717) is 19.0 Å². The van der Waals surface area contributed by atoms with Crippen LogP contribution >= 0.6 is 0 Å². The lowest BCUT2D eigenvalue weighted by atomic mass is 10.2. The second-order valence-electron chi connectivity index (χ2n) is 3.27. The van der Waals surface area contributed by atoms with E-state index in [1.54, 1.807) is 19.6 Å². The molecule has 0 fully saturated rings. The molecule has 5 nitrogen and oxygen atoms in total. The van der Waals surface area contributed by atoms with Gasteiger partial charge in [-0.3, -0.25) is 0 Å². The smallest absolute Gasteiger partial charge is 0.217 e. The van der Waals surface area contributed by atoms with Gasteiger partial charge < -0.3 is 14.6 Å². The number of nitrogens with zero attached hydrogens (tertiary/aromatic N) is 2. The average Bonchev–Trinajstić information content (AvgIpc) is 2.83. The van der Waals surface area contributed by atoms with Gasteiger partial charge in [0.25, 0.3) is 0 Å². The van der Waals surface area contributed by atoms with Crippen molar-refractivity contribution in [2.75, 3.05) is 7.11 Å². The zero-order valence-corrected chi connectivity index (χ0v) is 9.01. The molecule has 0 unspecified atom stereocenters. The van der Waals surface area contributed by atoms with Gasteiger partial charge in [0, 0.05) is 30.9 Å².